The van der Waals surface area contributed by atoms with Crippen LogP contribution in [0.4, 0.5) is 0 Å². The van der Waals surface area contributed by atoms with Crippen LogP contribution in [0, 0.1) is 22.2 Å². The Bertz CT molecular complexity index is 456. The number of hydrogen-bond acceptors (Lipinski definition) is 2. The van der Waals surface area contributed by atoms with Gasteiger partial charge in [-0.2, -0.15) is 0 Å². The second kappa shape index (κ2) is 3.70. The van der Waals surface area contributed by atoms with E-state index < -0.39 is 0 Å². The van der Waals surface area contributed by atoms with Crippen molar-refractivity contribution in [3.63, 3.8) is 0 Å². The van der Waals surface area contributed by atoms with Gasteiger partial charge >= 0.3 is 0 Å². The van der Waals surface area contributed by atoms with Crippen molar-refractivity contribution < 1.29 is 5.11 Å². The Morgan fingerprint density at radius 1 is 0.810 bits per heavy atom. The first kappa shape index (κ1) is 13.4. The minimum absolute atomic E-state index is 0.249. The molecule has 2 heterocycles. The van der Waals surface area contributed by atoms with Gasteiger partial charge in [0, 0.05) is 17.5 Å². The molecule has 21 heavy (non-hydrogen) atoms. The van der Waals surface area contributed by atoms with Gasteiger partial charge < -0.3 is 10.4 Å². The second-order valence-electron chi connectivity index (χ2n) is 10.5. The van der Waals surface area contributed by atoms with Crippen molar-refractivity contribution in [2.75, 3.05) is 0 Å². The smallest absolute Gasteiger partial charge is 0.0733 e. The van der Waals surface area contributed by atoms with Crippen LogP contribution in [0.5, 0.6) is 0 Å². The van der Waals surface area contributed by atoms with Gasteiger partial charge in [-0.15, -0.1) is 0 Å². The number of fused-ring (bicyclic) bond motifs is 2. The number of aliphatic hydroxyl groups is 1. The molecule has 0 spiro atoms. The second-order valence-corrected chi connectivity index (χ2v) is 10.5. The van der Waals surface area contributed by atoms with Crippen LogP contribution >= 0.6 is 0 Å². The van der Waals surface area contributed by atoms with Crippen molar-refractivity contribution in [1.82, 2.24) is 5.32 Å². The fourth-order valence-corrected chi connectivity index (χ4v) is 8.52. The molecule has 2 N–H and O–H groups in total. The maximum Gasteiger partial charge on any atom is 0.0733 e. The molecule has 4 aliphatic carbocycles. The van der Waals surface area contributed by atoms with E-state index in [4.69, 9.17) is 0 Å². The molecule has 0 aromatic heterocycles. The average molecular weight is 289 g/mol. The summed E-state index contributed by atoms with van der Waals surface area (Å²) in [7, 11) is 0. The van der Waals surface area contributed by atoms with Crippen LogP contribution in [0.1, 0.15) is 78.1 Å². The quantitative estimate of drug-likeness (QED) is 0.772. The molecule has 4 saturated carbocycles. The molecule has 4 atom stereocenters. The van der Waals surface area contributed by atoms with Crippen LogP contribution in [0.15, 0.2) is 0 Å². The van der Waals surface area contributed by atoms with Gasteiger partial charge in [0.2, 0.25) is 0 Å². The van der Waals surface area contributed by atoms with Crippen molar-refractivity contribution in [2.24, 2.45) is 22.2 Å². The molecule has 6 fully saturated rings. The third-order valence-electron chi connectivity index (χ3n) is 8.12. The molecular weight excluding hydrogens is 258 g/mol. The topological polar surface area (TPSA) is 32.3 Å². The number of piperidine rings is 1. The monoisotopic (exact) mass is 289 g/mol. The summed E-state index contributed by atoms with van der Waals surface area (Å²) in [5, 5.41) is 15.5. The SMILES string of the molecule is CC12CC3CC(C)(C1)CC(C1(O)CC4CCC(C1)N4)(C3)C2. The molecular formula is C19H31NO. The highest BCUT2D eigenvalue weighted by Crippen LogP contribution is 2.73. The lowest BCUT2D eigenvalue weighted by Gasteiger charge is -2.69. The molecule has 6 rings (SSSR count). The predicted octanol–water partition coefficient (Wildman–Crippen LogP) is 3.63. The maximum absolute atomic E-state index is 11.8. The Kier molecular flexibility index (Phi) is 2.35. The zero-order valence-electron chi connectivity index (χ0n) is 13.8. The van der Waals surface area contributed by atoms with E-state index in [1.807, 2.05) is 0 Å². The molecule has 118 valence electrons. The van der Waals surface area contributed by atoms with Gasteiger partial charge in [-0.25, -0.2) is 0 Å². The van der Waals surface area contributed by atoms with Crippen LogP contribution in [0.3, 0.4) is 0 Å². The molecule has 2 nitrogen and oxygen atoms in total. The minimum atomic E-state index is -0.369. The van der Waals surface area contributed by atoms with E-state index in [1.54, 1.807) is 0 Å². The van der Waals surface area contributed by atoms with Crippen molar-refractivity contribution in [2.45, 2.75) is 95.7 Å². The molecule has 4 unspecified atom stereocenters. The Balaban J connectivity index is 1.56. The van der Waals surface area contributed by atoms with Crippen molar-refractivity contribution in [1.29, 1.82) is 0 Å². The number of rotatable bonds is 1. The van der Waals surface area contributed by atoms with Gasteiger partial charge in [0.15, 0.2) is 0 Å². The lowest BCUT2D eigenvalue weighted by Crippen LogP contribution is -2.66. The molecule has 6 aliphatic rings. The van der Waals surface area contributed by atoms with E-state index in [0.717, 1.165) is 18.8 Å². The zero-order chi connectivity index (χ0) is 14.5. The van der Waals surface area contributed by atoms with E-state index in [0.29, 0.717) is 22.9 Å². The van der Waals surface area contributed by atoms with Crippen molar-refractivity contribution in [3.05, 3.63) is 0 Å². The maximum atomic E-state index is 11.8. The molecule has 0 radical (unpaired) electrons. The Hall–Kier alpha value is -0.0800. The van der Waals surface area contributed by atoms with Gasteiger partial charge in [-0.05, 0) is 81.0 Å². The zero-order valence-corrected chi connectivity index (χ0v) is 13.8. The highest BCUT2D eigenvalue weighted by atomic mass is 16.3. The normalized spacial score (nSPS) is 65.0. The van der Waals surface area contributed by atoms with Crippen LogP contribution in [-0.4, -0.2) is 22.8 Å². The summed E-state index contributed by atoms with van der Waals surface area (Å²) in [6, 6.07) is 1.20. The lowest BCUT2D eigenvalue weighted by molar-refractivity contribution is -0.236. The third kappa shape index (κ3) is 1.72. The van der Waals surface area contributed by atoms with E-state index in [2.05, 4.69) is 19.2 Å². The highest BCUT2D eigenvalue weighted by molar-refractivity contribution is 5.18. The van der Waals surface area contributed by atoms with Gasteiger partial charge in [0.1, 0.15) is 0 Å². The molecule has 2 heteroatoms. The Morgan fingerprint density at radius 2 is 1.38 bits per heavy atom. The first-order valence-corrected chi connectivity index (χ1v) is 9.30. The number of hydrogen-bond donors (Lipinski definition) is 2. The van der Waals surface area contributed by atoms with Crippen LogP contribution < -0.4 is 5.32 Å². The van der Waals surface area contributed by atoms with Crippen LogP contribution in [0.25, 0.3) is 0 Å². The molecule has 0 aromatic carbocycles. The minimum Gasteiger partial charge on any atom is -0.389 e. The van der Waals surface area contributed by atoms with E-state index in [1.165, 1.54) is 51.4 Å². The lowest BCUT2D eigenvalue weighted by atomic mass is 9.37. The summed E-state index contributed by atoms with van der Waals surface area (Å²) in [6.45, 7) is 5.06. The van der Waals surface area contributed by atoms with Crippen molar-refractivity contribution in [3.8, 4) is 0 Å². The summed E-state index contributed by atoms with van der Waals surface area (Å²) < 4.78 is 0. The first-order chi connectivity index (χ1) is 9.81. The molecule has 2 aliphatic heterocycles. The third-order valence-corrected chi connectivity index (χ3v) is 8.12. The van der Waals surface area contributed by atoms with E-state index in [-0.39, 0.29) is 11.0 Å². The van der Waals surface area contributed by atoms with Gasteiger partial charge in [-0.1, -0.05) is 13.8 Å². The molecule has 2 saturated heterocycles. The first-order valence-electron chi connectivity index (χ1n) is 9.30. The molecule has 0 amide bonds. The fraction of sp³-hybridized carbons (Fsp3) is 1.00. The standard InChI is InChI=1S/C19H31NO/c1-16-5-13-6-17(2,10-16)12-18(7-13,11-16)19(21)8-14-3-4-15(9-19)20-14/h13-15,20-21H,3-12H2,1-2H3. The Morgan fingerprint density at radius 3 is 1.90 bits per heavy atom. The summed E-state index contributed by atoms with van der Waals surface area (Å²) in [5.74, 6) is 0.896. The molecule has 6 bridgehead atoms. The van der Waals surface area contributed by atoms with E-state index >= 15 is 0 Å². The average Bonchev–Trinajstić information content (AvgIpc) is 2.64. The molecule has 0 aromatic rings. The van der Waals surface area contributed by atoms with Crippen LogP contribution in [-0.2, 0) is 0 Å². The Labute approximate surface area is 129 Å². The van der Waals surface area contributed by atoms with Gasteiger partial charge in [-0.3, -0.25) is 0 Å². The largest absolute Gasteiger partial charge is 0.389 e. The summed E-state index contributed by atoms with van der Waals surface area (Å²) in [6.07, 6.45) is 12.9. The van der Waals surface area contributed by atoms with Crippen LogP contribution in [0.2, 0.25) is 0 Å². The van der Waals surface area contributed by atoms with Gasteiger partial charge in [0.25, 0.3) is 0 Å². The number of nitrogens with one attached hydrogen (secondary N) is 1. The van der Waals surface area contributed by atoms with Crippen molar-refractivity contribution >= 4 is 0 Å². The summed E-state index contributed by atoms with van der Waals surface area (Å²) >= 11 is 0. The predicted molar refractivity (Wildman–Crippen MR) is 84.0 cm³/mol. The highest BCUT2D eigenvalue weighted by Gasteiger charge is 2.67. The van der Waals surface area contributed by atoms with Gasteiger partial charge in [0.05, 0.1) is 5.60 Å². The summed E-state index contributed by atoms with van der Waals surface area (Å²) in [4.78, 5) is 0. The van der Waals surface area contributed by atoms with E-state index in [9.17, 15) is 5.11 Å². The summed E-state index contributed by atoms with van der Waals surface area (Å²) in [5.41, 5.74) is 0.923. The fourth-order valence-electron chi connectivity index (χ4n) is 8.52.